The van der Waals surface area contributed by atoms with Crippen LogP contribution in [-0.2, 0) is 0 Å². The Balaban J connectivity index is 2.65. The number of nitrogens with one attached hydrogen (secondary N) is 1. The third-order valence-corrected chi connectivity index (χ3v) is 2.10. The van der Waals surface area contributed by atoms with E-state index in [-0.39, 0.29) is 0 Å². The van der Waals surface area contributed by atoms with Crippen LogP contribution in [0.5, 0.6) is 0 Å². The summed E-state index contributed by atoms with van der Waals surface area (Å²) in [6, 6.07) is 8.83. The first-order valence-corrected chi connectivity index (χ1v) is 4.59. The minimum absolute atomic E-state index is 0.564. The number of carbonyl (C=O) groups is 1. The van der Waals surface area contributed by atoms with Crippen molar-refractivity contribution in [3.63, 3.8) is 0 Å². The number of hydrogen-bond acceptors (Lipinski definition) is 2. The molecule has 3 N–H and O–H groups in total. The number of aromatic nitrogens is 1. The zero-order valence-electron chi connectivity index (χ0n) is 8.32. The van der Waals surface area contributed by atoms with E-state index in [1.165, 1.54) is 0 Å². The molecule has 15 heavy (non-hydrogen) atoms. The molecule has 1 heterocycles. The van der Waals surface area contributed by atoms with Gasteiger partial charge in [0.25, 0.3) is 0 Å². The molecule has 0 aliphatic rings. The van der Waals surface area contributed by atoms with Crippen LogP contribution >= 0.6 is 0 Å². The van der Waals surface area contributed by atoms with Gasteiger partial charge in [-0.2, -0.15) is 0 Å². The van der Waals surface area contributed by atoms with E-state index in [2.05, 4.69) is 10.3 Å². The summed E-state index contributed by atoms with van der Waals surface area (Å²) in [5.74, 6) is 0. The number of para-hydroxylation sites is 1. The normalized spacial score (nSPS) is 10.2. The second-order valence-corrected chi connectivity index (χ2v) is 3.32. The van der Waals surface area contributed by atoms with Gasteiger partial charge in [-0.25, -0.2) is 4.79 Å². The zero-order chi connectivity index (χ0) is 10.8. The molecule has 0 aliphatic carbocycles. The van der Waals surface area contributed by atoms with Crippen LogP contribution in [-0.4, -0.2) is 11.0 Å². The fraction of sp³-hybridized carbons (Fsp3) is 0.0909. The van der Waals surface area contributed by atoms with Crippen LogP contribution in [0, 0.1) is 6.92 Å². The van der Waals surface area contributed by atoms with Gasteiger partial charge in [0, 0.05) is 11.1 Å². The van der Waals surface area contributed by atoms with Crippen LogP contribution in [0.25, 0.3) is 10.9 Å². The van der Waals surface area contributed by atoms with E-state index in [0.717, 1.165) is 16.6 Å². The van der Waals surface area contributed by atoms with Crippen molar-refractivity contribution in [1.29, 1.82) is 0 Å². The van der Waals surface area contributed by atoms with Gasteiger partial charge < -0.3 is 11.1 Å². The number of benzene rings is 1. The first-order chi connectivity index (χ1) is 7.16. The molecule has 4 heteroatoms. The molecule has 2 rings (SSSR count). The van der Waals surface area contributed by atoms with E-state index in [4.69, 9.17) is 5.73 Å². The number of amides is 2. The highest BCUT2D eigenvalue weighted by molar-refractivity contribution is 5.99. The van der Waals surface area contributed by atoms with Crippen molar-refractivity contribution < 1.29 is 4.79 Å². The molecule has 0 aliphatic heterocycles. The molecule has 0 atom stereocenters. The minimum Gasteiger partial charge on any atom is -0.351 e. The molecule has 1 aromatic carbocycles. The maximum absolute atomic E-state index is 10.8. The molecule has 0 radical (unpaired) electrons. The third kappa shape index (κ3) is 1.88. The Hall–Kier alpha value is -2.10. The van der Waals surface area contributed by atoms with Gasteiger partial charge in [0.1, 0.15) is 0 Å². The van der Waals surface area contributed by atoms with Crippen LogP contribution in [0.2, 0.25) is 0 Å². The van der Waals surface area contributed by atoms with Crippen molar-refractivity contribution >= 4 is 22.6 Å². The van der Waals surface area contributed by atoms with Gasteiger partial charge >= 0.3 is 6.03 Å². The molecular formula is C11H11N3O. The molecule has 1 aromatic heterocycles. The smallest absolute Gasteiger partial charge is 0.316 e. The standard InChI is InChI=1S/C11H11N3O/c1-7-6-10(14-11(12)15)8-4-2-3-5-9(8)13-7/h2-6H,1H3,(H3,12,13,14,15). The topological polar surface area (TPSA) is 68.0 Å². The second kappa shape index (κ2) is 3.57. The van der Waals surface area contributed by atoms with Crippen LogP contribution in [0.1, 0.15) is 5.69 Å². The highest BCUT2D eigenvalue weighted by Gasteiger charge is 2.04. The summed E-state index contributed by atoms with van der Waals surface area (Å²) in [5.41, 5.74) is 7.49. The van der Waals surface area contributed by atoms with Crippen molar-refractivity contribution in [3.8, 4) is 0 Å². The van der Waals surface area contributed by atoms with Crippen molar-refractivity contribution in [2.75, 3.05) is 5.32 Å². The molecule has 0 saturated carbocycles. The Bertz CT molecular complexity index is 522. The second-order valence-electron chi connectivity index (χ2n) is 3.32. The number of nitrogens with zero attached hydrogens (tertiary/aromatic N) is 1. The van der Waals surface area contributed by atoms with E-state index in [1.807, 2.05) is 31.2 Å². The number of fused-ring (bicyclic) bond motifs is 1. The van der Waals surface area contributed by atoms with Crippen molar-refractivity contribution in [1.82, 2.24) is 4.98 Å². The SMILES string of the molecule is Cc1cc(NC(N)=O)c2ccccc2n1. The zero-order valence-corrected chi connectivity index (χ0v) is 8.32. The largest absolute Gasteiger partial charge is 0.351 e. The summed E-state index contributed by atoms with van der Waals surface area (Å²) in [6.45, 7) is 1.87. The number of carbonyl (C=O) groups excluding carboxylic acids is 1. The molecule has 2 amide bonds. The molecule has 4 nitrogen and oxygen atoms in total. The maximum Gasteiger partial charge on any atom is 0.316 e. The minimum atomic E-state index is -0.564. The fourth-order valence-corrected chi connectivity index (χ4v) is 1.54. The van der Waals surface area contributed by atoms with Gasteiger partial charge in [0.15, 0.2) is 0 Å². The lowest BCUT2D eigenvalue weighted by Gasteiger charge is -2.07. The summed E-state index contributed by atoms with van der Waals surface area (Å²) >= 11 is 0. The molecule has 0 fully saturated rings. The molecule has 0 unspecified atom stereocenters. The third-order valence-electron chi connectivity index (χ3n) is 2.10. The number of primary amides is 1. The molecule has 76 valence electrons. The molecule has 2 aromatic rings. The lowest BCUT2D eigenvalue weighted by Crippen LogP contribution is -2.19. The highest BCUT2D eigenvalue weighted by Crippen LogP contribution is 2.22. The lowest BCUT2D eigenvalue weighted by molar-refractivity contribution is 0.259. The van der Waals surface area contributed by atoms with Crippen LogP contribution in [0.4, 0.5) is 10.5 Å². The predicted molar refractivity (Wildman–Crippen MR) is 59.7 cm³/mol. The van der Waals surface area contributed by atoms with Crippen LogP contribution in [0.15, 0.2) is 30.3 Å². The highest BCUT2D eigenvalue weighted by atomic mass is 16.2. The number of pyridine rings is 1. The summed E-state index contributed by atoms with van der Waals surface area (Å²) in [5, 5.41) is 3.48. The Labute approximate surface area is 87.1 Å². The fourth-order valence-electron chi connectivity index (χ4n) is 1.54. The molecule has 0 saturated heterocycles. The Morgan fingerprint density at radius 2 is 2.13 bits per heavy atom. The van der Waals surface area contributed by atoms with Crippen LogP contribution < -0.4 is 11.1 Å². The average Bonchev–Trinajstić information content (AvgIpc) is 2.16. The maximum atomic E-state index is 10.8. The molecule has 0 spiro atoms. The predicted octanol–water partition coefficient (Wildman–Crippen LogP) is 2.03. The Morgan fingerprint density at radius 1 is 1.40 bits per heavy atom. The van der Waals surface area contributed by atoms with Crippen LogP contribution in [0.3, 0.4) is 0 Å². The summed E-state index contributed by atoms with van der Waals surface area (Å²) in [6.07, 6.45) is 0. The number of rotatable bonds is 1. The van der Waals surface area contributed by atoms with E-state index >= 15 is 0 Å². The first kappa shape index (κ1) is 9.45. The summed E-state index contributed by atoms with van der Waals surface area (Å²) < 4.78 is 0. The van der Waals surface area contributed by atoms with Crippen molar-refractivity contribution in [3.05, 3.63) is 36.0 Å². The lowest BCUT2D eigenvalue weighted by atomic mass is 10.1. The molecule has 0 bridgehead atoms. The van der Waals surface area contributed by atoms with Gasteiger partial charge in [-0.1, -0.05) is 18.2 Å². The van der Waals surface area contributed by atoms with Crippen molar-refractivity contribution in [2.45, 2.75) is 6.92 Å². The van der Waals surface area contributed by atoms with E-state index in [9.17, 15) is 4.79 Å². The summed E-state index contributed by atoms with van der Waals surface area (Å²) in [7, 11) is 0. The van der Waals surface area contributed by atoms with Gasteiger partial charge in [-0.05, 0) is 19.1 Å². The van der Waals surface area contributed by atoms with E-state index in [1.54, 1.807) is 6.07 Å². The van der Waals surface area contributed by atoms with E-state index in [0.29, 0.717) is 5.69 Å². The van der Waals surface area contributed by atoms with E-state index < -0.39 is 6.03 Å². The van der Waals surface area contributed by atoms with Gasteiger partial charge in [-0.3, -0.25) is 4.98 Å². The number of urea groups is 1. The van der Waals surface area contributed by atoms with Gasteiger partial charge in [0.2, 0.25) is 0 Å². The number of hydrogen-bond donors (Lipinski definition) is 2. The Morgan fingerprint density at radius 3 is 2.87 bits per heavy atom. The van der Waals surface area contributed by atoms with Gasteiger partial charge in [-0.15, -0.1) is 0 Å². The number of anilines is 1. The average molecular weight is 201 g/mol. The number of aryl methyl sites for hydroxylation is 1. The van der Waals surface area contributed by atoms with Crippen molar-refractivity contribution in [2.24, 2.45) is 5.73 Å². The molecular weight excluding hydrogens is 190 g/mol. The van der Waals surface area contributed by atoms with Gasteiger partial charge in [0.05, 0.1) is 11.2 Å². The quantitative estimate of drug-likeness (QED) is 0.741. The number of nitrogens with two attached hydrogens (primary N) is 1. The monoisotopic (exact) mass is 201 g/mol. The Kier molecular flexibility index (Phi) is 2.25. The first-order valence-electron chi connectivity index (χ1n) is 4.59. The summed E-state index contributed by atoms with van der Waals surface area (Å²) in [4.78, 5) is 15.2.